The van der Waals surface area contributed by atoms with Crippen LogP contribution in [-0.2, 0) is 4.74 Å². The zero-order chi connectivity index (χ0) is 9.28. The van der Waals surface area contributed by atoms with Gasteiger partial charge in [0.05, 0.1) is 6.10 Å². The second kappa shape index (κ2) is 9.70. The molecule has 0 bridgehead atoms. The Balaban J connectivity index is 0. The van der Waals surface area contributed by atoms with Crippen LogP contribution in [0.25, 0.3) is 0 Å². The predicted molar refractivity (Wildman–Crippen MR) is 51.9 cm³/mol. The molecule has 0 radical (unpaired) electrons. The Bertz CT molecular complexity index is 86.9. The first-order chi connectivity index (χ1) is 5.16. The lowest BCUT2D eigenvalue weighted by Gasteiger charge is -2.07. The van der Waals surface area contributed by atoms with E-state index in [0.717, 1.165) is 12.8 Å². The Hall–Kier alpha value is -0.300. The third kappa shape index (κ3) is 12.8. The molecule has 0 saturated carbocycles. The fourth-order valence-corrected chi connectivity index (χ4v) is 0.568. The van der Waals surface area contributed by atoms with Gasteiger partial charge in [-0.05, 0) is 26.7 Å². The van der Waals surface area contributed by atoms with Crippen LogP contribution in [0.5, 0.6) is 0 Å². The molecule has 0 aliphatic rings. The molecule has 1 unspecified atom stereocenters. The average Bonchev–Trinajstić information content (AvgIpc) is 2.04. The Labute approximate surface area is 71.5 Å². The van der Waals surface area contributed by atoms with Crippen molar-refractivity contribution in [2.24, 2.45) is 0 Å². The minimum atomic E-state index is 0.377. The van der Waals surface area contributed by atoms with E-state index < -0.39 is 0 Å². The van der Waals surface area contributed by atoms with Gasteiger partial charge in [-0.3, -0.25) is 0 Å². The molecule has 0 N–H and O–H groups in total. The van der Waals surface area contributed by atoms with Crippen LogP contribution in [0, 0.1) is 0 Å². The van der Waals surface area contributed by atoms with Gasteiger partial charge in [0, 0.05) is 7.11 Å². The first-order valence-electron chi connectivity index (χ1n) is 4.34. The maximum absolute atomic E-state index is 5.06. The summed E-state index contributed by atoms with van der Waals surface area (Å²) in [6, 6.07) is 0. The van der Waals surface area contributed by atoms with E-state index in [-0.39, 0.29) is 0 Å². The molecule has 0 amide bonds. The number of allylic oxidation sites excluding steroid dienone is 1. The van der Waals surface area contributed by atoms with Gasteiger partial charge in [0.15, 0.2) is 0 Å². The molecule has 68 valence electrons. The molecular formula is C10H22O. The second-order valence-corrected chi connectivity index (χ2v) is 2.54. The van der Waals surface area contributed by atoms with Gasteiger partial charge in [0.2, 0.25) is 0 Å². The summed E-state index contributed by atoms with van der Waals surface area (Å²) in [6.07, 6.45) is 2.54. The number of hydrogen-bond donors (Lipinski definition) is 0. The molecule has 0 aromatic rings. The third-order valence-corrected chi connectivity index (χ3v) is 1.38. The zero-order valence-electron chi connectivity index (χ0n) is 8.61. The van der Waals surface area contributed by atoms with Gasteiger partial charge in [0.1, 0.15) is 0 Å². The molecule has 0 fully saturated rings. The largest absolute Gasteiger partial charge is 0.382 e. The summed E-state index contributed by atoms with van der Waals surface area (Å²) in [6.45, 7) is 11.9. The molecule has 0 spiro atoms. The van der Waals surface area contributed by atoms with Gasteiger partial charge < -0.3 is 4.74 Å². The van der Waals surface area contributed by atoms with Crippen molar-refractivity contribution in [3.05, 3.63) is 12.2 Å². The first-order valence-corrected chi connectivity index (χ1v) is 4.34. The van der Waals surface area contributed by atoms with Crippen molar-refractivity contribution in [1.82, 2.24) is 0 Å². The van der Waals surface area contributed by atoms with E-state index in [1.165, 1.54) is 5.57 Å². The molecule has 11 heavy (non-hydrogen) atoms. The van der Waals surface area contributed by atoms with E-state index in [0.29, 0.717) is 6.10 Å². The van der Waals surface area contributed by atoms with E-state index in [9.17, 15) is 0 Å². The van der Waals surface area contributed by atoms with E-state index in [2.05, 4.69) is 13.5 Å². The van der Waals surface area contributed by atoms with Gasteiger partial charge >= 0.3 is 0 Å². The molecule has 1 atom stereocenters. The Morgan fingerprint density at radius 2 is 1.91 bits per heavy atom. The van der Waals surface area contributed by atoms with E-state index in [1.807, 2.05) is 20.8 Å². The summed E-state index contributed by atoms with van der Waals surface area (Å²) in [5.41, 5.74) is 1.24. The summed E-state index contributed by atoms with van der Waals surface area (Å²) in [5.74, 6) is 0. The summed E-state index contributed by atoms with van der Waals surface area (Å²) in [5, 5.41) is 0. The number of methoxy groups -OCH3 is 1. The Morgan fingerprint density at radius 3 is 2.18 bits per heavy atom. The van der Waals surface area contributed by atoms with Crippen LogP contribution in [0.3, 0.4) is 0 Å². The van der Waals surface area contributed by atoms with Crippen molar-refractivity contribution in [1.29, 1.82) is 0 Å². The minimum absolute atomic E-state index is 0.377. The predicted octanol–water partition coefficient (Wildman–Crippen LogP) is 3.40. The molecule has 0 aliphatic heterocycles. The SMILES string of the molecule is C=C(C)CCC(C)OC.CC. The molecule has 0 rings (SSSR count). The van der Waals surface area contributed by atoms with Crippen LogP contribution in [0.15, 0.2) is 12.2 Å². The summed E-state index contributed by atoms with van der Waals surface area (Å²) < 4.78 is 5.06. The third-order valence-electron chi connectivity index (χ3n) is 1.38. The molecule has 1 nitrogen and oxygen atoms in total. The first kappa shape index (κ1) is 13.3. The van der Waals surface area contributed by atoms with Crippen molar-refractivity contribution in [3.8, 4) is 0 Å². The highest BCUT2D eigenvalue weighted by atomic mass is 16.5. The minimum Gasteiger partial charge on any atom is -0.382 e. The average molecular weight is 158 g/mol. The van der Waals surface area contributed by atoms with Gasteiger partial charge in [-0.25, -0.2) is 0 Å². The van der Waals surface area contributed by atoms with Crippen LogP contribution in [0.2, 0.25) is 0 Å². The Kier molecular flexibility index (Phi) is 11.7. The molecule has 0 aromatic heterocycles. The number of ether oxygens (including phenoxy) is 1. The van der Waals surface area contributed by atoms with Crippen molar-refractivity contribution < 1.29 is 4.74 Å². The summed E-state index contributed by atoms with van der Waals surface area (Å²) in [4.78, 5) is 0. The molecular weight excluding hydrogens is 136 g/mol. The lowest BCUT2D eigenvalue weighted by atomic mass is 10.1. The van der Waals surface area contributed by atoms with E-state index in [4.69, 9.17) is 4.74 Å². The van der Waals surface area contributed by atoms with Gasteiger partial charge in [-0.2, -0.15) is 0 Å². The molecule has 0 heterocycles. The molecule has 0 aromatic carbocycles. The van der Waals surface area contributed by atoms with Gasteiger partial charge in [-0.15, -0.1) is 6.58 Å². The van der Waals surface area contributed by atoms with Crippen LogP contribution < -0.4 is 0 Å². The quantitative estimate of drug-likeness (QED) is 0.570. The summed E-state index contributed by atoms with van der Waals surface area (Å²) in [7, 11) is 1.74. The zero-order valence-corrected chi connectivity index (χ0v) is 8.61. The highest BCUT2D eigenvalue weighted by Gasteiger charge is 1.97. The van der Waals surface area contributed by atoms with Crippen LogP contribution in [-0.4, -0.2) is 13.2 Å². The molecule has 1 heteroatoms. The van der Waals surface area contributed by atoms with Crippen LogP contribution in [0.4, 0.5) is 0 Å². The molecule has 0 saturated heterocycles. The van der Waals surface area contributed by atoms with E-state index in [1.54, 1.807) is 7.11 Å². The van der Waals surface area contributed by atoms with Crippen LogP contribution >= 0.6 is 0 Å². The standard InChI is InChI=1S/C8H16O.C2H6/c1-7(2)5-6-8(3)9-4;1-2/h8H,1,5-6H2,2-4H3;1-2H3. The van der Waals surface area contributed by atoms with Crippen molar-refractivity contribution in [2.45, 2.75) is 46.6 Å². The smallest absolute Gasteiger partial charge is 0.0546 e. The maximum atomic E-state index is 5.06. The monoisotopic (exact) mass is 158 g/mol. The topological polar surface area (TPSA) is 9.23 Å². The lowest BCUT2D eigenvalue weighted by molar-refractivity contribution is 0.111. The maximum Gasteiger partial charge on any atom is 0.0546 e. The normalized spacial score (nSPS) is 11.4. The fraction of sp³-hybridized carbons (Fsp3) is 0.800. The molecule has 0 aliphatic carbocycles. The van der Waals surface area contributed by atoms with Crippen LogP contribution in [0.1, 0.15) is 40.5 Å². The lowest BCUT2D eigenvalue weighted by Crippen LogP contribution is -2.03. The van der Waals surface area contributed by atoms with Gasteiger partial charge in [-0.1, -0.05) is 19.4 Å². The highest BCUT2D eigenvalue weighted by molar-refractivity contribution is 4.87. The van der Waals surface area contributed by atoms with Crippen molar-refractivity contribution in [2.75, 3.05) is 7.11 Å². The fourth-order valence-electron chi connectivity index (χ4n) is 0.568. The van der Waals surface area contributed by atoms with Gasteiger partial charge in [0.25, 0.3) is 0 Å². The number of rotatable bonds is 4. The summed E-state index contributed by atoms with van der Waals surface area (Å²) >= 11 is 0. The number of hydrogen-bond acceptors (Lipinski definition) is 1. The Morgan fingerprint density at radius 1 is 1.45 bits per heavy atom. The van der Waals surface area contributed by atoms with E-state index >= 15 is 0 Å². The highest BCUT2D eigenvalue weighted by Crippen LogP contribution is 2.05. The van der Waals surface area contributed by atoms with Crippen molar-refractivity contribution >= 4 is 0 Å². The second-order valence-electron chi connectivity index (χ2n) is 2.54. The van der Waals surface area contributed by atoms with Crippen molar-refractivity contribution in [3.63, 3.8) is 0 Å².